The summed E-state index contributed by atoms with van der Waals surface area (Å²) in [5.74, 6) is -0.690. The number of aromatic nitrogens is 1. The van der Waals surface area contributed by atoms with E-state index in [0.717, 1.165) is 0 Å². The largest absolute Gasteiger partial charge is 0.307 e. The van der Waals surface area contributed by atoms with Crippen molar-refractivity contribution in [3.05, 3.63) is 110 Å². The van der Waals surface area contributed by atoms with Gasteiger partial charge < -0.3 is 10.6 Å². The van der Waals surface area contributed by atoms with Crippen molar-refractivity contribution in [3.8, 4) is 0 Å². The maximum absolute atomic E-state index is 12.2. The number of nitrogens with zero attached hydrogens (tertiary/aromatic N) is 3. The van der Waals surface area contributed by atoms with Gasteiger partial charge in [0, 0.05) is 36.4 Å². The van der Waals surface area contributed by atoms with Gasteiger partial charge in [-0.15, -0.1) is 0 Å². The maximum atomic E-state index is 12.2. The van der Waals surface area contributed by atoms with Gasteiger partial charge in [-0.1, -0.05) is 30.3 Å². The van der Waals surface area contributed by atoms with Crippen LogP contribution in [0.1, 0.15) is 11.1 Å². The van der Waals surface area contributed by atoms with Crippen LogP contribution in [0.5, 0.6) is 0 Å². The Hall–Kier alpha value is -5.19. The standard InChI is InChI=1S/C23H17N5O6/c29-22(12-10-16-4-1-6-18(14-16)27(31)32)25-20-8-3-9-21(24-20)26-23(30)13-11-17-5-2-7-19(15-17)28(33)34/h1-15H,(H2,24,25,26,29,30)/b12-10+,13-11+. The smallest absolute Gasteiger partial charge is 0.270 e. The molecule has 170 valence electrons. The molecule has 0 fully saturated rings. The van der Waals surface area contributed by atoms with Crippen LogP contribution in [-0.4, -0.2) is 26.6 Å². The number of non-ortho nitro benzene ring substituents is 2. The second-order valence-corrected chi connectivity index (χ2v) is 6.76. The number of hydrogen-bond acceptors (Lipinski definition) is 7. The number of hydrogen-bond donors (Lipinski definition) is 2. The number of nitro groups is 2. The molecule has 0 aliphatic carbocycles. The highest BCUT2D eigenvalue weighted by Crippen LogP contribution is 2.16. The lowest BCUT2D eigenvalue weighted by molar-refractivity contribution is -0.385. The molecule has 0 radical (unpaired) electrons. The molecule has 0 spiro atoms. The maximum Gasteiger partial charge on any atom is 0.270 e. The Morgan fingerprint density at radius 2 is 1.12 bits per heavy atom. The summed E-state index contributed by atoms with van der Waals surface area (Å²) in [4.78, 5) is 49.0. The number of pyridine rings is 1. The molecule has 3 aromatic rings. The molecule has 0 saturated heterocycles. The average Bonchev–Trinajstić information content (AvgIpc) is 2.82. The molecule has 0 aliphatic heterocycles. The molecule has 2 N–H and O–H groups in total. The SMILES string of the molecule is O=C(/C=C/c1cccc([N+](=O)[O-])c1)Nc1cccc(NC(=O)/C=C/c2cccc([N+](=O)[O-])c2)n1. The van der Waals surface area contributed by atoms with Crippen molar-refractivity contribution < 1.29 is 19.4 Å². The summed E-state index contributed by atoms with van der Waals surface area (Å²) in [5, 5.41) is 26.7. The van der Waals surface area contributed by atoms with Gasteiger partial charge in [0.15, 0.2) is 0 Å². The molecule has 34 heavy (non-hydrogen) atoms. The molecule has 0 aliphatic rings. The van der Waals surface area contributed by atoms with Gasteiger partial charge in [0.1, 0.15) is 11.6 Å². The van der Waals surface area contributed by atoms with Crippen molar-refractivity contribution in [1.29, 1.82) is 0 Å². The zero-order valence-electron chi connectivity index (χ0n) is 17.5. The number of rotatable bonds is 8. The second-order valence-electron chi connectivity index (χ2n) is 6.76. The summed E-state index contributed by atoms with van der Waals surface area (Å²) in [6.45, 7) is 0. The molecular formula is C23H17N5O6. The van der Waals surface area contributed by atoms with Crippen LogP contribution in [0.25, 0.3) is 12.2 Å². The van der Waals surface area contributed by atoms with E-state index in [2.05, 4.69) is 15.6 Å². The number of carbonyl (C=O) groups excluding carboxylic acids is 2. The van der Waals surface area contributed by atoms with Gasteiger partial charge in [0.05, 0.1) is 9.85 Å². The Morgan fingerprint density at radius 3 is 1.53 bits per heavy atom. The fraction of sp³-hybridized carbons (Fsp3) is 0. The molecule has 11 nitrogen and oxygen atoms in total. The van der Waals surface area contributed by atoms with E-state index < -0.39 is 21.7 Å². The van der Waals surface area contributed by atoms with Crippen LogP contribution in [0.15, 0.2) is 78.9 Å². The van der Waals surface area contributed by atoms with Gasteiger partial charge in [-0.2, -0.15) is 0 Å². The minimum Gasteiger partial charge on any atom is -0.307 e. The zero-order valence-corrected chi connectivity index (χ0v) is 17.5. The van der Waals surface area contributed by atoms with E-state index in [4.69, 9.17) is 0 Å². The van der Waals surface area contributed by atoms with E-state index in [1.54, 1.807) is 18.2 Å². The highest BCUT2D eigenvalue weighted by molar-refractivity contribution is 6.03. The average molecular weight is 459 g/mol. The molecule has 2 aromatic carbocycles. The van der Waals surface area contributed by atoms with E-state index >= 15 is 0 Å². The Labute approximate surface area is 192 Å². The third-order valence-corrected chi connectivity index (χ3v) is 4.27. The van der Waals surface area contributed by atoms with Crippen molar-refractivity contribution in [2.24, 2.45) is 0 Å². The van der Waals surface area contributed by atoms with Crippen LogP contribution in [0.4, 0.5) is 23.0 Å². The lowest BCUT2D eigenvalue weighted by atomic mass is 10.2. The van der Waals surface area contributed by atoms with Crippen LogP contribution >= 0.6 is 0 Å². The molecule has 11 heteroatoms. The minimum absolute atomic E-state index is 0.0906. The molecule has 1 aromatic heterocycles. The zero-order chi connectivity index (χ0) is 24.5. The lowest BCUT2D eigenvalue weighted by Crippen LogP contribution is -2.12. The lowest BCUT2D eigenvalue weighted by Gasteiger charge is -2.05. The Kier molecular flexibility index (Phi) is 7.53. The van der Waals surface area contributed by atoms with Crippen LogP contribution in [-0.2, 0) is 9.59 Å². The first-order chi connectivity index (χ1) is 16.3. The van der Waals surface area contributed by atoms with Crippen LogP contribution in [0, 0.1) is 20.2 Å². The second kappa shape index (κ2) is 10.9. The van der Waals surface area contributed by atoms with E-state index in [0.29, 0.717) is 11.1 Å². The van der Waals surface area contributed by atoms with Crippen LogP contribution in [0.3, 0.4) is 0 Å². The third-order valence-electron chi connectivity index (χ3n) is 4.27. The first-order valence-corrected chi connectivity index (χ1v) is 9.74. The predicted octanol–water partition coefficient (Wildman–Crippen LogP) is 4.20. The number of amides is 2. The molecule has 3 rings (SSSR count). The van der Waals surface area contributed by atoms with Crippen LogP contribution in [0.2, 0.25) is 0 Å². The normalized spacial score (nSPS) is 10.8. The fourth-order valence-corrected chi connectivity index (χ4v) is 2.74. The number of nitrogens with one attached hydrogen (secondary N) is 2. The van der Waals surface area contributed by atoms with Crippen molar-refractivity contribution >= 4 is 47.0 Å². The number of anilines is 2. The Balaban J connectivity index is 1.60. The molecule has 0 saturated carbocycles. The minimum atomic E-state index is -0.528. The van der Waals surface area contributed by atoms with Gasteiger partial charge in [-0.3, -0.25) is 29.8 Å². The molecule has 0 bridgehead atoms. The number of benzene rings is 2. The summed E-state index contributed by atoms with van der Waals surface area (Å²) in [6, 6.07) is 16.2. The highest BCUT2D eigenvalue weighted by Gasteiger charge is 2.07. The third kappa shape index (κ3) is 6.92. The van der Waals surface area contributed by atoms with E-state index in [9.17, 15) is 29.8 Å². The molecule has 0 unspecified atom stereocenters. The summed E-state index contributed by atoms with van der Waals surface area (Å²) >= 11 is 0. The first-order valence-electron chi connectivity index (χ1n) is 9.74. The quantitative estimate of drug-likeness (QED) is 0.290. The van der Waals surface area contributed by atoms with Crippen molar-refractivity contribution in [1.82, 2.24) is 4.98 Å². The van der Waals surface area contributed by atoms with Gasteiger partial charge in [-0.25, -0.2) is 4.98 Å². The Bertz CT molecular complexity index is 1220. The monoisotopic (exact) mass is 459 g/mol. The topological polar surface area (TPSA) is 157 Å². The number of carbonyl (C=O) groups is 2. The predicted molar refractivity (Wildman–Crippen MR) is 126 cm³/mol. The van der Waals surface area contributed by atoms with Gasteiger partial charge in [0.25, 0.3) is 11.4 Å². The van der Waals surface area contributed by atoms with Gasteiger partial charge in [-0.05, 0) is 35.4 Å². The van der Waals surface area contributed by atoms with Crippen molar-refractivity contribution in [3.63, 3.8) is 0 Å². The first kappa shape index (κ1) is 23.5. The van der Waals surface area contributed by atoms with E-state index in [1.165, 1.54) is 72.8 Å². The molecule has 1 heterocycles. The molecule has 2 amide bonds. The summed E-state index contributed by atoms with van der Waals surface area (Å²) in [7, 11) is 0. The summed E-state index contributed by atoms with van der Waals surface area (Å²) in [5.41, 5.74) is 0.780. The van der Waals surface area contributed by atoms with E-state index in [-0.39, 0.29) is 23.0 Å². The molecular weight excluding hydrogens is 442 g/mol. The number of nitro benzene ring substituents is 2. The Morgan fingerprint density at radius 1 is 0.706 bits per heavy atom. The summed E-state index contributed by atoms with van der Waals surface area (Å²) in [6.07, 6.45) is 5.25. The summed E-state index contributed by atoms with van der Waals surface area (Å²) < 4.78 is 0. The van der Waals surface area contributed by atoms with Crippen LogP contribution < -0.4 is 10.6 Å². The van der Waals surface area contributed by atoms with Gasteiger partial charge >= 0.3 is 0 Å². The fourth-order valence-electron chi connectivity index (χ4n) is 2.74. The van der Waals surface area contributed by atoms with Crippen molar-refractivity contribution in [2.75, 3.05) is 10.6 Å². The van der Waals surface area contributed by atoms with Crippen molar-refractivity contribution in [2.45, 2.75) is 0 Å². The van der Waals surface area contributed by atoms with Gasteiger partial charge in [0.2, 0.25) is 11.8 Å². The highest BCUT2D eigenvalue weighted by atomic mass is 16.6. The van der Waals surface area contributed by atoms with E-state index in [1.807, 2.05) is 0 Å². The molecule has 0 atom stereocenters.